The summed E-state index contributed by atoms with van der Waals surface area (Å²) in [6, 6.07) is 3.68. The Labute approximate surface area is 133 Å². The highest BCUT2D eigenvalue weighted by atomic mass is 19.2. The Morgan fingerprint density at radius 2 is 1.79 bits per heavy atom. The van der Waals surface area contributed by atoms with Crippen molar-refractivity contribution in [2.45, 2.75) is 6.92 Å². The Morgan fingerprint density at radius 1 is 1.17 bits per heavy atom. The highest BCUT2D eigenvalue weighted by molar-refractivity contribution is 5.84. The molecule has 0 aliphatic carbocycles. The van der Waals surface area contributed by atoms with Crippen LogP contribution in [0.3, 0.4) is 0 Å². The van der Waals surface area contributed by atoms with Crippen molar-refractivity contribution in [1.82, 2.24) is 4.98 Å². The van der Waals surface area contributed by atoms with Crippen molar-refractivity contribution in [3.8, 4) is 29.0 Å². The van der Waals surface area contributed by atoms with E-state index in [2.05, 4.69) is 4.98 Å². The van der Waals surface area contributed by atoms with E-state index in [1.54, 1.807) is 6.07 Å². The van der Waals surface area contributed by atoms with Gasteiger partial charge in [-0.25, -0.2) is 13.2 Å². The number of nitrogens with two attached hydrogens (primary N) is 1. The van der Waals surface area contributed by atoms with Gasteiger partial charge in [-0.3, -0.25) is 4.79 Å². The lowest BCUT2D eigenvalue weighted by atomic mass is 9.95. The van der Waals surface area contributed by atoms with Gasteiger partial charge in [0.15, 0.2) is 17.5 Å². The summed E-state index contributed by atoms with van der Waals surface area (Å²) in [5, 5.41) is 18.4. The number of ether oxygens (including phenoxy) is 1. The third-order valence-corrected chi connectivity index (χ3v) is 3.14. The molecule has 0 unspecified atom stereocenters. The quantitative estimate of drug-likeness (QED) is 0.835. The van der Waals surface area contributed by atoms with Crippen LogP contribution >= 0.6 is 0 Å². The molecule has 0 amide bonds. The van der Waals surface area contributed by atoms with Gasteiger partial charge in [0.1, 0.15) is 34.8 Å². The molecule has 0 bridgehead atoms. The second-order valence-corrected chi connectivity index (χ2v) is 4.51. The summed E-state index contributed by atoms with van der Waals surface area (Å²) < 4.78 is 46.6. The van der Waals surface area contributed by atoms with E-state index in [0.717, 1.165) is 0 Å². The first-order valence-corrected chi connectivity index (χ1v) is 6.53. The fourth-order valence-corrected chi connectivity index (χ4v) is 2.17. The lowest BCUT2D eigenvalue weighted by Crippen LogP contribution is -2.17. The number of rotatable bonds is 3. The zero-order chi connectivity index (χ0) is 18.0. The van der Waals surface area contributed by atoms with E-state index < -0.39 is 56.8 Å². The second kappa shape index (κ2) is 6.34. The number of nitriles is 2. The molecular weight excluding hydrogens is 325 g/mol. The Bertz CT molecular complexity index is 971. The van der Waals surface area contributed by atoms with Gasteiger partial charge < -0.3 is 15.5 Å². The van der Waals surface area contributed by atoms with E-state index in [9.17, 15) is 23.2 Å². The number of aromatic nitrogens is 1. The van der Waals surface area contributed by atoms with Crippen molar-refractivity contribution in [3.63, 3.8) is 0 Å². The van der Waals surface area contributed by atoms with Crippen molar-refractivity contribution in [2.75, 3.05) is 12.3 Å². The maximum absolute atomic E-state index is 14.4. The molecular formula is C15H9F3N4O2. The molecule has 1 aromatic heterocycles. The van der Waals surface area contributed by atoms with Crippen LogP contribution in [0, 0.1) is 40.1 Å². The molecule has 6 nitrogen and oxygen atoms in total. The van der Waals surface area contributed by atoms with Gasteiger partial charge >= 0.3 is 0 Å². The van der Waals surface area contributed by atoms with Crippen LogP contribution < -0.4 is 16.0 Å². The average molecular weight is 334 g/mol. The molecule has 0 aliphatic rings. The summed E-state index contributed by atoms with van der Waals surface area (Å²) in [7, 11) is 0. The number of aromatic amines is 1. The van der Waals surface area contributed by atoms with E-state index >= 15 is 0 Å². The van der Waals surface area contributed by atoms with Crippen LogP contribution in [0.4, 0.5) is 19.0 Å². The van der Waals surface area contributed by atoms with E-state index in [-0.39, 0.29) is 6.61 Å². The lowest BCUT2D eigenvalue weighted by Gasteiger charge is -2.15. The molecule has 2 rings (SSSR count). The molecule has 3 N–H and O–H groups in total. The number of hydrogen-bond acceptors (Lipinski definition) is 5. The maximum Gasteiger partial charge on any atom is 0.268 e. The number of nitrogen functional groups attached to an aromatic ring is 1. The fourth-order valence-electron chi connectivity index (χ4n) is 2.17. The summed E-state index contributed by atoms with van der Waals surface area (Å²) in [5.74, 6) is -5.96. The third-order valence-electron chi connectivity index (χ3n) is 3.14. The first kappa shape index (κ1) is 16.9. The molecule has 1 heterocycles. The largest absolute Gasteiger partial charge is 0.493 e. The average Bonchev–Trinajstić information content (AvgIpc) is 2.53. The number of pyridine rings is 1. The van der Waals surface area contributed by atoms with Gasteiger partial charge in [-0.2, -0.15) is 10.5 Å². The molecule has 122 valence electrons. The fraction of sp³-hybridized carbons (Fsp3) is 0.133. The van der Waals surface area contributed by atoms with Crippen molar-refractivity contribution in [1.29, 1.82) is 10.5 Å². The van der Waals surface area contributed by atoms with Gasteiger partial charge in [-0.15, -0.1) is 0 Å². The minimum absolute atomic E-state index is 0.0417. The second-order valence-electron chi connectivity index (χ2n) is 4.51. The lowest BCUT2D eigenvalue weighted by molar-refractivity contribution is 0.333. The van der Waals surface area contributed by atoms with Crippen LogP contribution in [0.2, 0.25) is 0 Å². The normalized spacial score (nSPS) is 10.1. The third kappa shape index (κ3) is 2.52. The molecule has 0 radical (unpaired) electrons. The number of H-pyrrole nitrogens is 1. The van der Waals surface area contributed by atoms with E-state index in [0.29, 0.717) is 6.07 Å². The van der Waals surface area contributed by atoms with Gasteiger partial charge in [0.25, 0.3) is 5.56 Å². The Kier molecular flexibility index (Phi) is 4.47. The number of anilines is 1. The van der Waals surface area contributed by atoms with Crippen molar-refractivity contribution < 1.29 is 17.9 Å². The van der Waals surface area contributed by atoms with Gasteiger partial charge in [-0.1, -0.05) is 0 Å². The molecule has 24 heavy (non-hydrogen) atoms. The van der Waals surface area contributed by atoms with Crippen molar-refractivity contribution in [3.05, 3.63) is 45.0 Å². The summed E-state index contributed by atoms with van der Waals surface area (Å²) in [5.41, 5.74) is 2.10. The van der Waals surface area contributed by atoms with E-state index in [1.807, 2.05) is 0 Å². The number of hydrogen-bond donors (Lipinski definition) is 2. The molecule has 2 aromatic rings. The minimum atomic E-state index is -1.83. The van der Waals surface area contributed by atoms with Crippen LogP contribution in [0.15, 0.2) is 10.9 Å². The van der Waals surface area contributed by atoms with Crippen LogP contribution in [0.5, 0.6) is 5.75 Å². The maximum atomic E-state index is 14.4. The summed E-state index contributed by atoms with van der Waals surface area (Å²) in [6.45, 7) is 1.46. The smallest absolute Gasteiger partial charge is 0.268 e. The van der Waals surface area contributed by atoms with Crippen molar-refractivity contribution in [2.24, 2.45) is 0 Å². The SMILES string of the molecule is CCOc1cc(F)c(F)c(F)c1-c1c(C#N)c(N)[nH]c(=O)c1C#N. The number of nitrogens with zero attached hydrogens (tertiary/aromatic N) is 2. The Hall–Kier alpha value is -3.46. The number of benzene rings is 1. The zero-order valence-corrected chi connectivity index (χ0v) is 12.2. The molecule has 0 fully saturated rings. The van der Waals surface area contributed by atoms with Crippen molar-refractivity contribution >= 4 is 5.82 Å². The molecule has 0 saturated carbocycles. The first-order chi connectivity index (χ1) is 11.4. The van der Waals surface area contributed by atoms with Gasteiger partial charge in [0.05, 0.1) is 12.2 Å². The van der Waals surface area contributed by atoms with Gasteiger partial charge in [-0.05, 0) is 6.92 Å². The highest BCUT2D eigenvalue weighted by Gasteiger charge is 2.28. The highest BCUT2D eigenvalue weighted by Crippen LogP contribution is 2.39. The number of halogens is 3. The van der Waals surface area contributed by atoms with Gasteiger partial charge in [0.2, 0.25) is 0 Å². The van der Waals surface area contributed by atoms with Crippen LogP contribution in [0.1, 0.15) is 18.1 Å². The summed E-state index contributed by atoms with van der Waals surface area (Å²) >= 11 is 0. The zero-order valence-electron chi connectivity index (χ0n) is 12.2. The standard InChI is InChI=1S/C15H9F3N4O2/c1-2-24-9-3-8(16)12(17)13(18)11(9)10-6(4-19)14(21)22-15(23)7(10)5-20/h3H,2H2,1H3,(H3,21,22,23). The minimum Gasteiger partial charge on any atom is -0.493 e. The first-order valence-electron chi connectivity index (χ1n) is 6.53. The predicted molar refractivity (Wildman–Crippen MR) is 77.4 cm³/mol. The summed E-state index contributed by atoms with van der Waals surface area (Å²) in [6.07, 6.45) is 0. The van der Waals surface area contributed by atoms with Gasteiger partial charge in [0, 0.05) is 11.6 Å². The Balaban J connectivity index is 3.08. The number of nitrogens with one attached hydrogen (secondary N) is 1. The molecule has 0 aliphatic heterocycles. The van der Waals surface area contributed by atoms with E-state index in [1.165, 1.54) is 13.0 Å². The summed E-state index contributed by atoms with van der Waals surface area (Å²) in [4.78, 5) is 13.9. The van der Waals surface area contributed by atoms with Crippen LogP contribution in [-0.4, -0.2) is 11.6 Å². The van der Waals surface area contributed by atoms with Crippen LogP contribution in [0.25, 0.3) is 11.1 Å². The molecule has 0 spiro atoms. The molecule has 0 saturated heterocycles. The van der Waals surface area contributed by atoms with E-state index in [4.69, 9.17) is 15.7 Å². The molecule has 1 aromatic carbocycles. The Morgan fingerprint density at radius 3 is 2.33 bits per heavy atom. The topological polar surface area (TPSA) is 116 Å². The van der Waals surface area contributed by atoms with Crippen LogP contribution in [-0.2, 0) is 0 Å². The monoisotopic (exact) mass is 334 g/mol. The predicted octanol–water partition coefficient (Wildman–Crippen LogP) is 2.18. The molecule has 0 atom stereocenters. The molecule has 9 heteroatoms.